The van der Waals surface area contributed by atoms with Gasteiger partial charge in [0.05, 0.1) is 5.75 Å². The highest BCUT2D eigenvalue weighted by Gasteiger charge is 1.97. The second kappa shape index (κ2) is 5.59. The predicted molar refractivity (Wildman–Crippen MR) is 44.4 cm³/mol. The number of carbonyl (C=O) groups is 1. The van der Waals surface area contributed by atoms with Crippen LogP contribution in [0.1, 0.15) is 20.3 Å². The van der Waals surface area contributed by atoms with Crippen LogP contribution in [0.25, 0.3) is 0 Å². The van der Waals surface area contributed by atoms with Crippen molar-refractivity contribution in [1.29, 1.82) is 0 Å². The van der Waals surface area contributed by atoms with E-state index >= 15 is 0 Å². The maximum absolute atomic E-state index is 10.0. The zero-order valence-electron chi connectivity index (χ0n) is 6.46. The third-order valence-electron chi connectivity index (χ3n) is 1.07. The van der Waals surface area contributed by atoms with Crippen LogP contribution < -0.4 is 0 Å². The largest absolute Gasteiger partial charge is 0.481 e. The van der Waals surface area contributed by atoms with Gasteiger partial charge in [-0.1, -0.05) is 13.8 Å². The van der Waals surface area contributed by atoms with Crippen LogP contribution in [-0.4, -0.2) is 22.6 Å². The molecule has 10 heavy (non-hydrogen) atoms. The van der Waals surface area contributed by atoms with E-state index < -0.39 is 5.97 Å². The van der Waals surface area contributed by atoms with Gasteiger partial charge in [-0.15, -0.1) is 0 Å². The number of rotatable bonds is 5. The molecule has 0 radical (unpaired) electrons. The van der Waals surface area contributed by atoms with Gasteiger partial charge >= 0.3 is 5.97 Å². The molecule has 0 bridgehead atoms. The van der Waals surface area contributed by atoms with E-state index in [1.54, 1.807) is 0 Å². The minimum atomic E-state index is -0.714. The molecule has 0 aliphatic rings. The van der Waals surface area contributed by atoms with E-state index in [-0.39, 0.29) is 5.75 Å². The van der Waals surface area contributed by atoms with E-state index in [0.717, 1.165) is 12.2 Å². The topological polar surface area (TPSA) is 37.3 Å². The molecule has 0 aromatic heterocycles. The Morgan fingerprint density at radius 3 is 2.60 bits per heavy atom. The zero-order chi connectivity index (χ0) is 7.98. The fraction of sp³-hybridized carbons (Fsp3) is 0.857. The van der Waals surface area contributed by atoms with Crippen LogP contribution in [0.4, 0.5) is 0 Å². The first-order valence-corrected chi connectivity index (χ1v) is 4.58. The second-order valence-electron chi connectivity index (χ2n) is 2.63. The highest BCUT2D eigenvalue weighted by atomic mass is 32.2. The summed E-state index contributed by atoms with van der Waals surface area (Å²) in [6, 6.07) is 0. The van der Waals surface area contributed by atoms with Crippen LogP contribution in [0.3, 0.4) is 0 Å². The molecule has 60 valence electrons. The molecular weight excluding hydrogens is 148 g/mol. The molecule has 0 saturated heterocycles. The Morgan fingerprint density at radius 2 is 2.20 bits per heavy atom. The van der Waals surface area contributed by atoms with Crippen molar-refractivity contribution in [3.63, 3.8) is 0 Å². The summed E-state index contributed by atoms with van der Waals surface area (Å²) in [6.07, 6.45) is 1.11. The molecule has 0 atom stereocenters. The first-order valence-electron chi connectivity index (χ1n) is 3.42. The van der Waals surface area contributed by atoms with Gasteiger partial charge in [-0.05, 0) is 18.1 Å². The molecule has 0 rings (SSSR count). The standard InChI is InChI=1S/C7H14O2S/c1-6(2)3-4-10-5-7(8)9/h6H,3-5H2,1-2H3,(H,8,9). The third kappa shape index (κ3) is 7.82. The van der Waals surface area contributed by atoms with Gasteiger partial charge in [0, 0.05) is 0 Å². The molecule has 0 aromatic rings. The van der Waals surface area contributed by atoms with E-state index in [9.17, 15) is 4.79 Å². The number of carboxylic acid groups (broad SMARTS) is 1. The predicted octanol–water partition coefficient (Wildman–Crippen LogP) is 1.85. The lowest BCUT2D eigenvalue weighted by atomic mass is 10.2. The van der Waals surface area contributed by atoms with Crippen LogP contribution >= 0.6 is 11.8 Å². The smallest absolute Gasteiger partial charge is 0.313 e. The molecule has 0 fully saturated rings. The molecule has 0 unspecified atom stereocenters. The lowest BCUT2D eigenvalue weighted by molar-refractivity contribution is -0.133. The Morgan fingerprint density at radius 1 is 1.60 bits per heavy atom. The second-order valence-corrected chi connectivity index (χ2v) is 3.73. The van der Waals surface area contributed by atoms with Crippen LogP contribution in [0.15, 0.2) is 0 Å². The number of aliphatic carboxylic acids is 1. The van der Waals surface area contributed by atoms with Crippen molar-refractivity contribution in [2.24, 2.45) is 5.92 Å². The minimum Gasteiger partial charge on any atom is -0.481 e. The molecule has 0 heterocycles. The maximum atomic E-state index is 10.0. The van der Waals surface area contributed by atoms with Crippen molar-refractivity contribution in [2.45, 2.75) is 20.3 Å². The average Bonchev–Trinajstić information content (AvgIpc) is 1.79. The summed E-state index contributed by atoms with van der Waals surface area (Å²) in [5.74, 6) is 1.17. The molecule has 0 aliphatic heterocycles. The Labute approximate surface area is 66.0 Å². The number of carboxylic acids is 1. The summed E-state index contributed by atoms with van der Waals surface area (Å²) in [5.41, 5.74) is 0. The molecule has 0 amide bonds. The normalized spacial score (nSPS) is 10.3. The highest BCUT2D eigenvalue weighted by Crippen LogP contribution is 2.07. The lowest BCUT2D eigenvalue weighted by Gasteiger charge is -2.01. The summed E-state index contributed by atoms with van der Waals surface area (Å²) < 4.78 is 0. The molecule has 0 aliphatic carbocycles. The monoisotopic (exact) mass is 162 g/mol. The molecular formula is C7H14O2S. The van der Waals surface area contributed by atoms with Crippen LogP contribution in [0.2, 0.25) is 0 Å². The van der Waals surface area contributed by atoms with Gasteiger partial charge < -0.3 is 5.11 Å². The highest BCUT2D eigenvalue weighted by molar-refractivity contribution is 7.99. The summed E-state index contributed by atoms with van der Waals surface area (Å²) in [7, 11) is 0. The van der Waals surface area contributed by atoms with Gasteiger partial charge in [0.2, 0.25) is 0 Å². The Balaban J connectivity index is 2.98. The number of thioether (sulfide) groups is 1. The minimum absolute atomic E-state index is 0.243. The van der Waals surface area contributed by atoms with Gasteiger partial charge in [-0.25, -0.2) is 0 Å². The fourth-order valence-corrected chi connectivity index (χ4v) is 1.44. The summed E-state index contributed by atoms with van der Waals surface area (Å²) in [4.78, 5) is 10.0. The molecule has 0 spiro atoms. The Hall–Kier alpha value is -0.180. The van der Waals surface area contributed by atoms with Crippen molar-refractivity contribution < 1.29 is 9.90 Å². The van der Waals surface area contributed by atoms with E-state index in [0.29, 0.717) is 5.92 Å². The van der Waals surface area contributed by atoms with Gasteiger partial charge in [-0.2, -0.15) is 11.8 Å². The first kappa shape index (κ1) is 9.82. The SMILES string of the molecule is CC(C)CCSCC(=O)O. The quantitative estimate of drug-likeness (QED) is 0.627. The Bertz CT molecular complexity index is 102. The van der Waals surface area contributed by atoms with Gasteiger partial charge in [0.1, 0.15) is 0 Å². The van der Waals surface area contributed by atoms with Gasteiger partial charge in [-0.3, -0.25) is 4.79 Å². The average molecular weight is 162 g/mol. The fourth-order valence-electron chi connectivity index (χ4n) is 0.479. The van der Waals surface area contributed by atoms with E-state index in [1.807, 2.05) is 0 Å². The van der Waals surface area contributed by atoms with Gasteiger partial charge in [0.25, 0.3) is 0 Å². The summed E-state index contributed by atoms with van der Waals surface area (Å²) in [6.45, 7) is 4.28. The van der Waals surface area contributed by atoms with Crippen molar-refractivity contribution in [2.75, 3.05) is 11.5 Å². The molecule has 1 N–H and O–H groups in total. The van der Waals surface area contributed by atoms with Crippen molar-refractivity contribution in [1.82, 2.24) is 0 Å². The zero-order valence-corrected chi connectivity index (χ0v) is 7.28. The molecule has 0 aromatic carbocycles. The van der Waals surface area contributed by atoms with Crippen molar-refractivity contribution in [3.05, 3.63) is 0 Å². The van der Waals surface area contributed by atoms with Crippen molar-refractivity contribution >= 4 is 17.7 Å². The maximum Gasteiger partial charge on any atom is 0.313 e. The lowest BCUT2D eigenvalue weighted by Crippen LogP contribution is -1.99. The summed E-state index contributed by atoms with van der Waals surface area (Å²) in [5, 5.41) is 8.26. The molecule has 0 saturated carbocycles. The van der Waals surface area contributed by atoms with Crippen LogP contribution in [0.5, 0.6) is 0 Å². The van der Waals surface area contributed by atoms with E-state index in [1.165, 1.54) is 11.8 Å². The van der Waals surface area contributed by atoms with Crippen LogP contribution in [-0.2, 0) is 4.79 Å². The first-order chi connectivity index (χ1) is 4.63. The molecule has 2 nitrogen and oxygen atoms in total. The Kier molecular flexibility index (Phi) is 5.49. The number of hydrogen-bond acceptors (Lipinski definition) is 2. The molecule has 3 heteroatoms. The number of hydrogen-bond donors (Lipinski definition) is 1. The summed E-state index contributed by atoms with van der Waals surface area (Å²) >= 11 is 1.49. The third-order valence-corrected chi connectivity index (χ3v) is 2.04. The van der Waals surface area contributed by atoms with Crippen LogP contribution in [0, 0.1) is 5.92 Å². The van der Waals surface area contributed by atoms with E-state index in [4.69, 9.17) is 5.11 Å². The van der Waals surface area contributed by atoms with Gasteiger partial charge in [0.15, 0.2) is 0 Å². The van der Waals surface area contributed by atoms with E-state index in [2.05, 4.69) is 13.8 Å². The van der Waals surface area contributed by atoms with Crippen molar-refractivity contribution in [3.8, 4) is 0 Å².